The number of hydrogen-bond acceptors (Lipinski definition) is 5. The zero-order valence-electron chi connectivity index (χ0n) is 11.3. The van der Waals surface area contributed by atoms with Gasteiger partial charge in [0.25, 0.3) is 0 Å². The molecule has 0 aliphatic carbocycles. The van der Waals surface area contributed by atoms with Crippen molar-refractivity contribution in [3.63, 3.8) is 0 Å². The second-order valence-electron chi connectivity index (χ2n) is 4.14. The molecule has 1 N–H and O–H groups in total. The molecule has 0 fully saturated rings. The van der Waals surface area contributed by atoms with Gasteiger partial charge in [-0.15, -0.1) is 0 Å². The van der Waals surface area contributed by atoms with Crippen LogP contribution in [0.25, 0.3) is 0 Å². The average molecular weight is 314 g/mol. The van der Waals surface area contributed by atoms with E-state index in [0.29, 0.717) is 30.2 Å². The summed E-state index contributed by atoms with van der Waals surface area (Å²) in [5.41, 5.74) is 0.331. The number of benzene rings is 1. The SMILES string of the molecule is CCS(=O)CCNCCS(=O)(=O)c1cccc(C#N)c1. The first kappa shape index (κ1) is 16.8. The van der Waals surface area contributed by atoms with Crippen LogP contribution in [0, 0.1) is 11.3 Å². The summed E-state index contributed by atoms with van der Waals surface area (Å²) in [6.07, 6.45) is 0. The second-order valence-corrected chi connectivity index (χ2v) is 8.12. The highest BCUT2D eigenvalue weighted by molar-refractivity contribution is 7.91. The van der Waals surface area contributed by atoms with Crippen molar-refractivity contribution in [1.82, 2.24) is 5.32 Å². The highest BCUT2D eigenvalue weighted by atomic mass is 32.2. The van der Waals surface area contributed by atoms with Gasteiger partial charge >= 0.3 is 0 Å². The molecule has 110 valence electrons. The van der Waals surface area contributed by atoms with E-state index in [2.05, 4.69) is 5.32 Å². The first-order valence-corrected chi connectivity index (χ1v) is 9.42. The molecule has 5 nitrogen and oxygen atoms in total. The van der Waals surface area contributed by atoms with Crippen molar-refractivity contribution in [2.75, 3.05) is 30.3 Å². The standard InChI is InChI=1S/C13H18N2O3S2/c1-2-19(16)8-6-15-7-9-20(17,18)13-5-3-4-12(10-13)11-14/h3-5,10,15H,2,6-9H2,1H3. The molecule has 0 aliphatic heterocycles. The quantitative estimate of drug-likeness (QED) is 0.713. The lowest BCUT2D eigenvalue weighted by atomic mass is 10.2. The summed E-state index contributed by atoms with van der Waals surface area (Å²) in [5.74, 6) is 1.10. The molecule has 0 amide bonds. The highest BCUT2D eigenvalue weighted by Gasteiger charge is 2.14. The van der Waals surface area contributed by atoms with Crippen molar-refractivity contribution in [3.05, 3.63) is 29.8 Å². The fraction of sp³-hybridized carbons (Fsp3) is 0.462. The van der Waals surface area contributed by atoms with Crippen LogP contribution < -0.4 is 5.32 Å². The van der Waals surface area contributed by atoms with Gasteiger partial charge in [0.15, 0.2) is 9.84 Å². The van der Waals surface area contributed by atoms with E-state index in [4.69, 9.17) is 5.26 Å². The minimum absolute atomic E-state index is 0.0410. The zero-order chi connectivity index (χ0) is 15.0. The minimum Gasteiger partial charge on any atom is -0.315 e. The Hall–Kier alpha value is -1.23. The second kappa shape index (κ2) is 8.15. The van der Waals surface area contributed by atoms with E-state index in [1.165, 1.54) is 12.1 Å². The maximum atomic E-state index is 12.0. The molecule has 1 atom stereocenters. The van der Waals surface area contributed by atoms with Crippen LogP contribution in [0.3, 0.4) is 0 Å². The maximum absolute atomic E-state index is 12.0. The number of rotatable bonds is 8. The monoisotopic (exact) mass is 314 g/mol. The number of nitriles is 1. The Labute approximate surface area is 122 Å². The molecule has 1 unspecified atom stereocenters. The number of nitrogens with zero attached hydrogens (tertiary/aromatic N) is 1. The predicted molar refractivity (Wildman–Crippen MR) is 79.6 cm³/mol. The molecule has 0 saturated heterocycles. The normalized spacial score (nSPS) is 12.8. The molecule has 1 rings (SSSR count). The van der Waals surface area contributed by atoms with Crippen molar-refractivity contribution < 1.29 is 12.6 Å². The Balaban J connectivity index is 2.50. The summed E-state index contributed by atoms with van der Waals surface area (Å²) in [7, 11) is -4.23. The van der Waals surface area contributed by atoms with Crippen LogP contribution in [0.15, 0.2) is 29.2 Å². The Morgan fingerprint density at radius 3 is 2.75 bits per heavy atom. The van der Waals surface area contributed by atoms with Gasteiger partial charge in [-0.2, -0.15) is 5.26 Å². The molecule has 0 spiro atoms. The molecule has 1 aromatic carbocycles. The maximum Gasteiger partial charge on any atom is 0.179 e. The van der Waals surface area contributed by atoms with Gasteiger partial charge in [0.05, 0.1) is 22.3 Å². The van der Waals surface area contributed by atoms with E-state index in [0.717, 1.165) is 0 Å². The van der Waals surface area contributed by atoms with E-state index >= 15 is 0 Å². The van der Waals surface area contributed by atoms with Crippen LogP contribution in [0.4, 0.5) is 0 Å². The summed E-state index contributed by atoms with van der Waals surface area (Å²) in [6.45, 7) is 2.69. The third kappa shape index (κ3) is 5.41. The Morgan fingerprint density at radius 1 is 1.35 bits per heavy atom. The molecular formula is C13H18N2O3S2. The van der Waals surface area contributed by atoms with Gasteiger partial charge in [-0.3, -0.25) is 4.21 Å². The molecule has 0 saturated carbocycles. The first-order chi connectivity index (χ1) is 9.49. The lowest BCUT2D eigenvalue weighted by Gasteiger charge is -2.06. The number of sulfone groups is 1. The van der Waals surface area contributed by atoms with Gasteiger partial charge in [-0.05, 0) is 18.2 Å². The van der Waals surface area contributed by atoms with E-state index in [1.807, 2.05) is 13.0 Å². The Kier molecular flexibility index (Phi) is 6.85. The lowest BCUT2D eigenvalue weighted by molar-refractivity contribution is 0.592. The summed E-state index contributed by atoms with van der Waals surface area (Å²) < 4.78 is 35.3. The number of hydrogen-bond donors (Lipinski definition) is 1. The van der Waals surface area contributed by atoms with Crippen LogP contribution >= 0.6 is 0 Å². The molecule has 7 heteroatoms. The van der Waals surface area contributed by atoms with E-state index in [-0.39, 0.29) is 10.6 Å². The van der Waals surface area contributed by atoms with Crippen LogP contribution in [0.2, 0.25) is 0 Å². The van der Waals surface area contributed by atoms with E-state index in [9.17, 15) is 12.6 Å². The predicted octanol–water partition coefficient (Wildman–Crippen LogP) is 0.690. The summed E-state index contributed by atoms with van der Waals surface area (Å²) in [6, 6.07) is 7.91. The number of nitrogens with one attached hydrogen (secondary N) is 1. The molecule has 0 aromatic heterocycles. The van der Waals surface area contributed by atoms with Crippen molar-refractivity contribution in [1.29, 1.82) is 5.26 Å². The van der Waals surface area contributed by atoms with Crippen LogP contribution in [-0.4, -0.2) is 43.0 Å². The smallest absolute Gasteiger partial charge is 0.179 e. The fourth-order valence-corrected chi connectivity index (χ4v) is 3.44. The zero-order valence-corrected chi connectivity index (χ0v) is 13.0. The molecule has 20 heavy (non-hydrogen) atoms. The highest BCUT2D eigenvalue weighted by Crippen LogP contribution is 2.12. The minimum atomic E-state index is -3.39. The van der Waals surface area contributed by atoms with Crippen molar-refractivity contribution in [3.8, 4) is 6.07 Å². The molecule has 0 bridgehead atoms. The van der Waals surface area contributed by atoms with Crippen molar-refractivity contribution in [2.45, 2.75) is 11.8 Å². The van der Waals surface area contributed by atoms with Gasteiger partial charge in [0.1, 0.15) is 0 Å². The third-order valence-electron chi connectivity index (χ3n) is 2.70. The molecular weight excluding hydrogens is 296 g/mol. The summed E-state index contributed by atoms with van der Waals surface area (Å²) in [4.78, 5) is 0.162. The molecule has 0 radical (unpaired) electrons. The molecule has 1 aromatic rings. The third-order valence-corrected chi connectivity index (χ3v) is 5.72. The van der Waals surface area contributed by atoms with Gasteiger partial charge in [-0.1, -0.05) is 13.0 Å². The van der Waals surface area contributed by atoms with Gasteiger partial charge in [-0.25, -0.2) is 8.42 Å². The summed E-state index contributed by atoms with van der Waals surface area (Å²) in [5, 5.41) is 11.7. The van der Waals surface area contributed by atoms with Gasteiger partial charge < -0.3 is 5.32 Å². The van der Waals surface area contributed by atoms with E-state index < -0.39 is 20.6 Å². The Morgan fingerprint density at radius 2 is 2.10 bits per heavy atom. The van der Waals surface area contributed by atoms with E-state index in [1.54, 1.807) is 12.1 Å². The summed E-state index contributed by atoms with van der Waals surface area (Å²) >= 11 is 0. The lowest BCUT2D eigenvalue weighted by Crippen LogP contribution is -2.27. The topological polar surface area (TPSA) is 87.0 Å². The van der Waals surface area contributed by atoms with Crippen molar-refractivity contribution in [2.24, 2.45) is 0 Å². The Bertz CT molecular complexity index is 606. The molecule has 0 heterocycles. The van der Waals surface area contributed by atoms with Gasteiger partial charge in [0, 0.05) is 35.4 Å². The average Bonchev–Trinajstić information content (AvgIpc) is 2.46. The van der Waals surface area contributed by atoms with Crippen LogP contribution in [0.5, 0.6) is 0 Å². The van der Waals surface area contributed by atoms with Crippen LogP contribution in [0.1, 0.15) is 12.5 Å². The van der Waals surface area contributed by atoms with Crippen LogP contribution in [-0.2, 0) is 20.6 Å². The van der Waals surface area contributed by atoms with Gasteiger partial charge in [0.2, 0.25) is 0 Å². The fourth-order valence-electron chi connectivity index (χ4n) is 1.54. The largest absolute Gasteiger partial charge is 0.315 e. The molecule has 0 aliphatic rings. The first-order valence-electron chi connectivity index (χ1n) is 6.28. The van der Waals surface area contributed by atoms with Crippen molar-refractivity contribution >= 4 is 20.6 Å².